The van der Waals surface area contributed by atoms with Crippen LogP contribution < -0.4 is 0 Å². The molecule has 0 aliphatic rings. The standard InChI is InChI=1S/C2H2Cl3NO3/c3-2(4,1(7)8)6(5)9/h9H,(H,7,8). The van der Waals surface area contributed by atoms with E-state index in [4.69, 9.17) is 45.3 Å². The fraction of sp³-hybridized carbons (Fsp3) is 0.500. The van der Waals surface area contributed by atoms with Crippen molar-refractivity contribution in [2.24, 2.45) is 0 Å². The van der Waals surface area contributed by atoms with Crippen molar-refractivity contribution >= 4 is 40.9 Å². The summed E-state index contributed by atoms with van der Waals surface area (Å²) in [5.74, 6) is -1.65. The van der Waals surface area contributed by atoms with Gasteiger partial charge in [-0.15, -0.1) is 0 Å². The van der Waals surface area contributed by atoms with Crippen LogP contribution in [0.15, 0.2) is 0 Å². The minimum absolute atomic E-state index is 0.335. The Morgan fingerprint density at radius 3 is 1.89 bits per heavy atom. The van der Waals surface area contributed by atoms with E-state index in [9.17, 15) is 4.79 Å². The van der Waals surface area contributed by atoms with Gasteiger partial charge in [-0.2, -0.15) is 0 Å². The number of halogens is 3. The molecular weight excluding hydrogens is 192 g/mol. The van der Waals surface area contributed by atoms with Gasteiger partial charge in [0.05, 0.1) is 0 Å². The van der Waals surface area contributed by atoms with Gasteiger partial charge < -0.3 is 5.11 Å². The molecule has 4 nitrogen and oxygen atoms in total. The number of alkyl halides is 2. The minimum atomic E-state index is -2.48. The second-order valence-corrected chi connectivity index (χ2v) is 2.71. The summed E-state index contributed by atoms with van der Waals surface area (Å²) in [5.41, 5.74) is 0. The van der Waals surface area contributed by atoms with Gasteiger partial charge in [0, 0.05) is 11.8 Å². The Labute approximate surface area is 65.6 Å². The van der Waals surface area contributed by atoms with Gasteiger partial charge in [0.15, 0.2) is 0 Å². The van der Waals surface area contributed by atoms with E-state index in [-0.39, 0.29) is 4.58 Å². The van der Waals surface area contributed by atoms with Crippen molar-refractivity contribution in [2.75, 3.05) is 0 Å². The number of hydrogen-bond acceptors (Lipinski definition) is 3. The number of hydrogen-bond donors (Lipinski definition) is 2. The van der Waals surface area contributed by atoms with Crippen LogP contribution in [-0.4, -0.2) is 25.3 Å². The van der Waals surface area contributed by atoms with Crippen LogP contribution in [0, 0.1) is 0 Å². The quantitative estimate of drug-likeness (QED) is 0.298. The Balaban J connectivity index is 4.19. The molecule has 2 N–H and O–H groups in total. The summed E-state index contributed by atoms with van der Waals surface area (Å²) >= 11 is 14.5. The van der Waals surface area contributed by atoms with Crippen LogP contribution in [0.2, 0.25) is 0 Å². The number of nitrogens with zero attached hydrogens (tertiary/aromatic N) is 1. The monoisotopic (exact) mass is 193 g/mol. The summed E-state index contributed by atoms with van der Waals surface area (Å²) in [6.45, 7) is 0. The number of aliphatic carboxylic acids is 1. The van der Waals surface area contributed by atoms with Crippen LogP contribution in [0.3, 0.4) is 0 Å². The molecule has 0 saturated heterocycles. The summed E-state index contributed by atoms with van der Waals surface area (Å²) in [6, 6.07) is 0. The molecule has 0 bridgehead atoms. The normalized spacial score (nSPS) is 12.1. The van der Waals surface area contributed by atoms with Gasteiger partial charge in [-0.1, -0.05) is 27.8 Å². The Hall–Kier alpha value is 0.260. The fourth-order valence-corrected chi connectivity index (χ4v) is 0.151. The number of hydroxylamine groups is 1. The van der Waals surface area contributed by atoms with E-state index in [2.05, 4.69) is 0 Å². The molecule has 0 amide bonds. The Kier molecular flexibility index (Phi) is 2.98. The summed E-state index contributed by atoms with van der Waals surface area (Å²) in [4.78, 5) is 9.91. The average molecular weight is 194 g/mol. The molecule has 0 unspecified atom stereocenters. The van der Waals surface area contributed by atoms with E-state index in [1.165, 1.54) is 0 Å². The molecule has 0 aliphatic heterocycles. The molecule has 9 heavy (non-hydrogen) atoms. The first-order valence-corrected chi connectivity index (χ1v) is 2.74. The molecule has 0 heterocycles. The van der Waals surface area contributed by atoms with Gasteiger partial charge in [0.25, 0.3) is 0 Å². The van der Waals surface area contributed by atoms with Gasteiger partial charge in [-0.05, 0) is 0 Å². The molecule has 0 atom stereocenters. The molecule has 7 heteroatoms. The Morgan fingerprint density at radius 2 is 1.89 bits per heavy atom. The topological polar surface area (TPSA) is 60.8 Å². The molecule has 0 aliphatic carbocycles. The maximum absolute atomic E-state index is 9.91. The van der Waals surface area contributed by atoms with E-state index >= 15 is 0 Å². The maximum atomic E-state index is 9.91. The van der Waals surface area contributed by atoms with Gasteiger partial charge in [-0.25, -0.2) is 4.79 Å². The van der Waals surface area contributed by atoms with E-state index in [0.29, 0.717) is 0 Å². The van der Waals surface area contributed by atoms with E-state index in [1.807, 2.05) is 0 Å². The van der Waals surface area contributed by atoms with Crippen molar-refractivity contribution in [3.05, 3.63) is 0 Å². The molecule has 0 radical (unpaired) electrons. The molecule has 0 saturated carbocycles. The molecule has 0 rings (SSSR count). The van der Waals surface area contributed by atoms with Crippen molar-refractivity contribution < 1.29 is 15.1 Å². The van der Waals surface area contributed by atoms with E-state index in [1.54, 1.807) is 0 Å². The lowest BCUT2D eigenvalue weighted by atomic mass is 10.7. The minimum Gasteiger partial charge on any atom is -0.478 e. The predicted molar refractivity (Wildman–Crippen MR) is 31.6 cm³/mol. The van der Waals surface area contributed by atoms with Crippen molar-refractivity contribution in [2.45, 2.75) is 4.46 Å². The first kappa shape index (κ1) is 9.26. The van der Waals surface area contributed by atoms with Crippen LogP contribution in [0.25, 0.3) is 0 Å². The van der Waals surface area contributed by atoms with Crippen LogP contribution in [-0.2, 0) is 4.79 Å². The highest BCUT2D eigenvalue weighted by molar-refractivity contribution is 6.58. The third-order valence-electron chi connectivity index (χ3n) is 0.489. The van der Waals surface area contributed by atoms with Crippen LogP contribution >= 0.6 is 35.0 Å². The molecule has 0 aromatic carbocycles. The lowest BCUT2D eigenvalue weighted by molar-refractivity contribution is -0.148. The third-order valence-corrected chi connectivity index (χ3v) is 1.56. The molecule has 0 aromatic rings. The number of carboxylic acid groups (broad SMARTS) is 1. The van der Waals surface area contributed by atoms with Crippen LogP contribution in [0.5, 0.6) is 0 Å². The van der Waals surface area contributed by atoms with Crippen molar-refractivity contribution in [1.29, 1.82) is 0 Å². The van der Waals surface area contributed by atoms with Gasteiger partial charge >= 0.3 is 10.4 Å². The van der Waals surface area contributed by atoms with Crippen molar-refractivity contribution in [3.63, 3.8) is 0 Å². The fourth-order valence-electron chi connectivity index (χ4n) is 0.0789. The number of rotatable bonds is 2. The Morgan fingerprint density at radius 1 is 1.56 bits per heavy atom. The highest BCUT2D eigenvalue weighted by Gasteiger charge is 2.40. The van der Waals surface area contributed by atoms with E-state index in [0.717, 1.165) is 0 Å². The SMILES string of the molecule is O=C(O)C(Cl)(Cl)N(O)Cl. The zero-order valence-electron chi connectivity index (χ0n) is 3.88. The second-order valence-electron chi connectivity index (χ2n) is 1.11. The van der Waals surface area contributed by atoms with Crippen molar-refractivity contribution in [3.8, 4) is 0 Å². The summed E-state index contributed by atoms with van der Waals surface area (Å²) in [7, 11) is 0. The first-order valence-electron chi connectivity index (χ1n) is 1.65. The highest BCUT2D eigenvalue weighted by Crippen LogP contribution is 2.25. The summed E-state index contributed by atoms with van der Waals surface area (Å²) < 4.78 is -2.82. The lowest BCUT2D eigenvalue weighted by Gasteiger charge is -2.16. The zero-order chi connectivity index (χ0) is 7.65. The Bertz CT molecular complexity index is 124. The smallest absolute Gasteiger partial charge is 0.359 e. The predicted octanol–water partition coefficient (Wildman–Crippen LogP) is 1.05. The highest BCUT2D eigenvalue weighted by atomic mass is 35.5. The first-order chi connectivity index (χ1) is 3.89. The maximum Gasteiger partial charge on any atom is 0.359 e. The third kappa shape index (κ3) is 2.15. The molecule has 0 spiro atoms. The van der Waals surface area contributed by atoms with Crippen molar-refractivity contribution in [1.82, 2.24) is 4.58 Å². The van der Waals surface area contributed by atoms with Gasteiger partial charge in [0.1, 0.15) is 0 Å². The van der Waals surface area contributed by atoms with Crippen LogP contribution in [0.4, 0.5) is 0 Å². The largest absolute Gasteiger partial charge is 0.478 e. The van der Waals surface area contributed by atoms with Gasteiger partial charge in [-0.3, -0.25) is 5.21 Å². The summed E-state index contributed by atoms with van der Waals surface area (Å²) in [5, 5.41) is 16.3. The summed E-state index contributed by atoms with van der Waals surface area (Å²) in [6.07, 6.45) is 0. The van der Waals surface area contributed by atoms with E-state index < -0.39 is 10.4 Å². The molecule has 0 aromatic heterocycles. The average Bonchev–Trinajstić information content (AvgIpc) is 1.65. The molecular formula is C2H2Cl3NO3. The zero-order valence-corrected chi connectivity index (χ0v) is 6.15. The molecule has 0 fully saturated rings. The second kappa shape index (κ2) is 2.90. The number of carbonyl (C=O) groups is 1. The lowest BCUT2D eigenvalue weighted by Crippen LogP contribution is -2.37. The molecule has 54 valence electrons. The van der Waals surface area contributed by atoms with Gasteiger partial charge in [0.2, 0.25) is 0 Å². The number of carboxylic acids is 1. The van der Waals surface area contributed by atoms with Crippen LogP contribution in [0.1, 0.15) is 0 Å².